The number of benzene rings is 1. The number of anilines is 1. The quantitative estimate of drug-likeness (QED) is 0.843. The molecule has 0 fully saturated rings. The summed E-state index contributed by atoms with van der Waals surface area (Å²) in [6, 6.07) is 7.47. The van der Waals surface area contributed by atoms with Gasteiger partial charge >= 0.3 is 5.97 Å². The standard InChI is InChI=1S/C14H14BrNO3S/c1-3-19-14(17)13-10(16)7-12(20-13)9-5-4-8(15)6-11(9)18-2/h4-7H,3,16H2,1-2H3. The van der Waals surface area contributed by atoms with E-state index < -0.39 is 5.97 Å². The number of hydrogen-bond acceptors (Lipinski definition) is 5. The smallest absolute Gasteiger partial charge is 0.350 e. The third-order valence-electron chi connectivity index (χ3n) is 2.65. The average molecular weight is 356 g/mol. The van der Waals surface area contributed by atoms with Crippen LogP contribution in [0.1, 0.15) is 16.6 Å². The van der Waals surface area contributed by atoms with Gasteiger partial charge in [-0.05, 0) is 31.2 Å². The Hall–Kier alpha value is -1.53. The fraction of sp³-hybridized carbons (Fsp3) is 0.214. The minimum atomic E-state index is -0.391. The summed E-state index contributed by atoms with van der Waals surface area (Å²) in [5.74, 6) is 0.327. The molecule has 0 saturated heterocycles. The van der Waals surface area contributed by atoms with Crippen molar-refractivity contribution in [2.75, 3.05) is 19.5 Å². The monoisotopic (exact) mass is 355 g/mol. The number of esters is 1. The molecule has 0 aliphatic heterocycles. The molecule has 0 saturated carbocycles. The predicted octanol–water partition coefficient (Wildman–Crippen LogP) is 3.95. The molecule has 0 atom stereocenters. The second-order valence-corrected chi connectivity index (χ2v) is 5.93. The molecule has 2 aromatic rings. The Kier molecular flexibility index (Phi) is 4.67. The maximum Gasteiger partial charge on any atom is 0.350 e. The van der Waals surface area contributed by atoms with Crippen molar-refractivity contribution < 1.29 is 14.3 Å². The number of thiophene rings is 1. The number of rotatable bonds is 4. The van der Waals surface area contributed by atoms with E-state index >= 15 is 0 Å². The van der Waals surface area contributed by atoms with Crippen molar-refractivity contribution in [2.45, 2.75) is 6.92 Å². The molecule has 0 amide bonds. The number of nitrogens with two attached hydrogens (primary N) is 1. The highest BCUT2D eigenvalue weighted by molar-refractivity contribution is 9.10. The zero-order chi connectivity index (χ0) is 14.7. The molecule has 0 aliphatic carbocycles. The minimum Gasteiger partial charge on any atom is -0.496 e. The van der Waals surface area contributed by atoms with Crippen LogP contribution in [0.3, 0.4) is 0 Å². The Bertz CT molecular complexity index is 639. The molecule has 106 valence electrons. The summed E-state index contributed by atoms with van der Waals surface area (Å²) in [4.78, 5) is 13.1. The first-order valence-corrected chi connectivity index (χ1v) is 7.58. The molecule has 1 heterocycles. The van der Waals surface area contributed by atoms with E-state index in [9.17, 15) is 4.79 Å². The van der Waals surface area contributed by atoms with Crippen molar-refractivity contribution in [1.29, 1.82) is 0 Å². The van der Waals surface area contributed by atoms with E-state index in [4.69, 9.17) is 15.2 Å². The molecule has 4 nitrogen and oxygen atoms in total. The summed E-state index contributed by atoms with van der Waals surface area (Å²) in [6.07, 6.45) is 0. The van der Waals surface area contributed by atoms with Gasteiger partial charge in [0.05, 0.1) is 19.4 Å². The van der Waals surface area contributed by atoms with Crippen LogP contribution in [-0.2, 0) is 4.74 Å². The maximum atomic E-state index is 11.8. The van der Waals surface area contributed by atoms with Gasteiger partial charge in [0.1, 0.15) is 10.6 Å². The van der Waals surface area contributed by atoms with Gasteiger partial charge in [-0.3, -0.25) is 0 Å². The number of methoxy groups -OCH3 is 1. The summed E-state index contributed by atoms with van der Waals surface area (Å²) in [5, 5.41) is 0. The van der Waals surface area contributed by atoms with Crippen LogP contribution in [0.2, 0.25) is 0 Å². The number of halogens is 1. The third kappa shape index (κ3) is 2.96. The van der Waals surface area contributed by atoms with Crippen LogP contribution in [0.4, 0.5) is 5.69 Å². The molecule has 0 radical (unpaired) electrons. The third-order valence-corrected chi connectivity index (χ3v) is 4.31. The first kappa shape index (κ1) is 14.9. The first-order valence-electron chi connectivity index (χ1n) is 5.97. The lowest BCUT2D eigenvalue weighted by atomic mass is 10.1. The summed E-state index contributed by atoms with van der Waals surface area (Å²) in [5.41, 5.74) is 7.21. The van der Waals surface area contributed by atoms with Gasteiger partial charge in [0, 0.05) is 14.9 Å². The van der Waals surface area contributed by atoms with Gasteiger partial charge in [0.2, 0.25) is 0 Å². The van der Waals surface area contributed by atoms with E-state index in [0.717, 1.165) is 20.7 Å². The lowest BCUT2D eigenvalue weighted by molar-refractivity contribution is 0.0533. The van der Waals surface area contributed by atoms with Crippen molar-refractivity contribution in [3.05, 3.63) is 33.6 Å². The Morgan fingerprint density at radius 2 is 2.15 bits per heavy atom. The van der Waals surface area contributed by atoms with E-state index in [1.54, 1.807) is 20.1 Å². The van der Waals surface area contributed by atoms with Gasteiger partial charge in [-0.25, -0.2) is 4.79 Å². The zero-order valence-corrected chi connectivity index (χ0v) is 13.5. The minimum absolute atomic E-state index is 0.326. The largest absolute Gasteiger partial charge is 0.496 e. The normalized spacial score (nSPS) is 10.3. The molecule has 2 rings (SSSR count). The summed E-state index contributed by atoms with van der Waals surface area (Å²) in [7, 11) is 1.61. The van der Waals surface area contributed by atoms with Crippen LogP contribution in [0.5, 0.6) is 5.75 Å². The van der Waals surface area contributed by atoms with E-state index in [1.165, 1.54) is 11.3 Å². The predicted molar refractivity (Wildman–Crippen MR) is 84.4 cm³/mol. The number of ether oxygens (including phenoxy) is 2. The maximum absolute atomic E-state index is 11.8. The lowest BCUT2D eigenvalue weighted by Gasteiger charge is -2.06. The van der Waals surface area contributed by atoms with Gasteiger partial charge in [-0.2, -0.15) is 0 Å². The second kappa shape index (κ2) is 6.28. The van der Waals surface area contributed by atoms with Crippen LogP contribution >= 0.6 is 27.3 Å². The zero-order valence-electron chi connectivity index (χ0n) is 11.1. The molecule has 1 aromatic heterocycles. The van der Waals surface area contributed by atoms with Crippen LogP contribution in [0.25, 0.3) is 10.4 Å². The summed E-state index contributed by atoms with van der Waals surface area (Å²) >= 11 is 4.70. The molecule has 0 spiro atoms. The SMILES string of the molecule is CCOC(=O)c1sc(-c2ccc(Br)cc2OC)cc1N. The lowest BCUT2D eigenvalue weighted by Crippen LogP contribution is -2.04. The number of hydrogen-bond donors (Lipinski definition) is 1. The highest BCUT2D eigenvalue weighted by atomic mass is 79.9. The molecular weight excluding hydrogens is 342 g/mol. The van der Waals surface area contributed by atoms with Crippen molar-refractivity contribution in [1.82, 2.24) is 0 Å². The topological polar surface area (TPSA) is 61.5 Å². The second-order valence-electron chi connectivity index (χ2n) is 3.96. The molecular formula is C14H14BrNO3S. The van der Waals surface area contributed by atoms with Gasteiger partial charge < -0.3 is 15.2 Å². The van der Waals surface area contributed by atoms with E-state index in [1.807, 2.05) is 18.2 Å². The van der Waals surface area contributed by atoms with Crippen molar-refractivity contribution in [3.8, 4) is 16.2 Å². The molecule has 0 aliphatic rings. The van der Waals surface area contributed by atoms with Crippen LogP contribution in [0, 0.1) is 0 Å². The van der Waals surface area contributed by atoms with E-state index in [-0.39, 0.29) is 0 Å². The van der Waals surface area contributed by atoms with Crippen molar-refractivity contribution in [3.63, 3.8) is 0 Å². The summed E-state index contributed by atoms with van der Waals surface area (Å²) in [6.45, 7) is 2.09. The van der Waals surface area contributed by atoms with Gasteiger partial charge in [-0.15, -0.1) is 11.3 Å². The Balaban J connectivity index is 2.44. The van der Waals surface area contributed by atoms with Gasteiger partial charge in [0.25, 0.3) is 0 Å². The van der Waals surface area contributed by atoms with Gasteiger partial charge in [0.15, 0.2) is 0 Å². The Labute approximate surface area is 129 Å². The molecule has 6 heteroatoms. The number of nitrogen functional groups attached to an aromatic ring is 1. The van der Waals surface area contributed by atoms with Crippen LogP contribution in [-0.4, -0.2) is 19.7 Å². The molecule has 1 aromatic carbocycles. The van der Waals surface area contributed by atoms with Gasteiger partial charge in [-0.1, -0.05) is 15.9 Å². The number of carbonyl (C=O) groups excluding carboxylic acids is 1. The van der Waals surface area contributed by atoms with Crippen molar-refractivity contribution >= 4 is 38.9 Å². The fourth-order valence-electron chi connectivity index (χ4n) is 1.76. The fourth-order valence-corrected chi connectivity index (χ4v) is 3.11. The Morgan fingerprint density at radius 1 is 1.40 bits per heavy atom. The van der Waals surface area contributed by atoms with Crippen molar-refractivity contribution in [2.24, 2.45) is 0 Å². The van der Waals surface area contributed by atoms with E-state index in [2.05, 4.69) is 15.9 Å². The average Bonchev–Trinajstić information content (AvgIpc) is 2.80. The van der Waals surface area contributed by atoms with E-state index in [0.29, 0.717) is 17.2 Å². The van der Waals surface area contributed by atoms with Crippen LogP contribution < -0.4 is 10.5 Å². The Morgan fingerprint density at radius 3 is 2.80 bits per heavy atom. The summed E-state index contributed by atoms with van der Waals surface area (Å²) < 4.78 is 11.3. The van der Waals surface area contributed by atoms with Crippen LogP contribution in [0.15, 0.2) is 28.7 Å². The highest BCUT2D eigenvalue weighted by Crippen LogP contribution is 2.39. The first-order chi connectivity index (χ1) is 9.56. The molecule has 0 unspecified atom stereocenters. The number of carbonyl (C=O) groups is 1. The highest BCUT2D eigenvalue weighted by Gasteiger charge is 2.18. The molecule has 20 heavy (non-hydrogen) atoms. The molecule has 2 N–H and O–H groups in total. The molecule has 0 bridgehead atoms.